The minimum absolute atomic E-state index is 0.321. The van der Waals surface area contributed by atoms with Crippen LogP contribution in [0.5, 0.6) is 0 Å². The van der Waals surface area contributed by atoms with Crippen molar-refractivity contribution >= 4 is 17.7 Å². The number of benzene rings is 1. The normalized spacial score (nSPS) is 15.3. The molecule has 2 rings (SSSR count). The maximum atomic E-state index is 11.9. The molecule has 21 heavy (non-hydrogen) atoms. The second kappa shape index (κ2) is 7.64. The molecule has 0 radical (unpaired) electrons. The first-order valence-corrected chi connectivity index (χ1v) is 7.00. The second-order valence-electron chi connectivity index (χ2n) is 4.93. The summed E-state index contributed by atoms with van der Waals surface area (Å²) in [6.07, 6.45) is 1.91. The van der Waals surface area contributed by atoms with E-state index in [1.165, 1.54) is 7.11 Å². The van der Waals surface area contributed by atoms with Crippen LogP contribution in [0.1, 0.15) is 23.2 Å². The Hall–Kier alpha value is -2.08. The molecule has 1 aromatic rings. The highest BCUT2D eigenvalue weighted by Crippen LogP contribution is 2.16. The third kappa shape index (κ3) is 4.46. The van der Waals surface area contributed by atoms with E-state index in [-0.39, 0.29) is 6.03 Å². The van der Waals surface area contributed by atoms with E-state index >= 15 is 0 Å². The van der Waals surface area contributed by atoms with E-state index in [0.717, 1.165) is 26.1 Å². The number of methoxy groups -OCH3 is 1. The van der Waals surface area contributed by atoms with E-state index < -0.39 is 5.97 Å². The number of amides is 2. The lowest BCUT2D eigenvalue weighted by atomic mass is 10.0. The standard InChI is InChI=1S/C15H20N2O4/c1-20-14(18)12-4-2-3-5-13(12)17-15(19)16-10-11-6-8-21-9-7-11/h2-5,11H,6-10H2,1H3,(H2,16,17,19). The third-order valence-corrected chi connectivity index (χ3v) is 3.47. The van der Waals surface area contributed by atoms with Crippen molar-refractivity contribution < 1.29 is 19.1 Å². The lowest BCUT2D eigenvalue weighted by molar-refractivity contribution is 0.0601. The van der Waals surface area contributed by atoms with Gasteiger partial charge >= 0.3 is 12.0 Å². The van der Waals surface area contributed by atoms with Crippen LogP contribution >= 0.6 is 0 Å². The Morgan fingerprint density at radius 2 is 2.00 bits per heavy atom. The maximum Gasteiger partial charge on any atom is 0.339 e. The van der Waals surface area contributed by atoms with Crippen LogP contribution in [0.3, 0.4) is 0 Å². The smallest absolute Gasteiger partial charge is 0.339 e. The molecule has 0 aromatic heterocycles. The van der Waals surface area contributed by atoms with Crippen molar-refractivity contribution in [2.75, 3.05) is 32.2 Å². The van der Waals surface area contributed by atoms with Gasteiger partial charge in [-0.1, -0.05) is 12.1 Å². The monoisotopic (exact) mass is 292 g/mol. The fourth-order valence-electron chi connectivity index (χ4n) is 2.23. The highest BCUT2D eigenvalue weighted by molar-refractivity contribution is 6.00. The number of anilines is 1. The van der Waals surface area contributed by atoms with Crippen molar-refractivity contribution in [3.05, 3.63) is 29.8 Å². The molecule has 2 amide bonds. The number of hydrogen-bond donors (Lipinski definition) is 2. The Bertz CT molecular complexity index is 498. The van der Waals surface area contributed by atoms with Gasteiger partial charge in [0, 0.05) is 19.8 Å². The molecule has 1 saturated heterocycles. The second-order valence-corrected chi connectivity index (χ2v) is 4.93. The number of ether oxygens (including phenoxy) is 2. The minimum atomic E-state index is -0.477. The zero-order chi connectivity index (χ0) is 15.1. The first kappa shape index (κ1) is 15.3. The largest absolute Gasteiger partial charge is 0.465 e. The molecule has 0 bridgehead atoms. The van der Waals surface area contributed by atoms with Crippen LogP contribution in [0.2, 0.25) is 0 Å². The quantitative estimate of drug-likeness (QED) is 0.832. The van der Waals surface area contributed by atoms with Crippen LogP contribution in [0.25, 0.3) is 0 Å². The van der Waals surface area contributed by atoms with Crippen LogP contribution in [0.4, 0.5) is 10.5 Å². The predicted molar refractivity (Wildman–Crippen MR) is 78.3 cm³/mol. The number of carbonyl (C=O) groups excluding carboxylic acids is 2. The molecule has 2 N–H and O–H groups in total. The number of para-hydroxylation sites is 1. The zero-order valence-electron chi connectivity index (χ0n) is 12.1. The number of rotatable bonds is 4. The number of nitrogens with one attached hydrogen (secondary N) is 2. The minimum Gasteiger partial charge on any atom is -0.465 e. The lowest BCUT2D eigenvalue weighted by Crippen LogP contribution is -2.35. The number of hydrogen-bond acceptors (Lipinski definition) is 4. The maximum absolute atomic E-state index is 11.9. The van der Waals surface area contributed by atoms with Gasteiger partial charge in [-0.15, -0.1) is 0 Å². The SMILES string of the molecule is COC(=O)c1ccccc1NC(=O)NCC1CCOCC1. The van der Waals surface area contributed by atoms with Gasteiger partial charge in [0.05, 0.1) is 18.4 Å². The van der Waals surface area contributed by atoms with E-state index in [9.17, 15) is 9.59 Å². The fraction of sp³-hybridized carbons (Fsp3) is 0.467. The zero-order valence-corrected chi connectivity index (χ0v) is 12.1. The Morgan fingerprint density at radius 1 is 1.29 bits per heavy atom. The molecule has 114 valence electrons. The summed E-state index contributed by atoms with van der Waals surface area (Å²) in [6.45, 7) is 2.11. The molecule has 0 aliphatic carbocycles. The van der Waals surface area contributed by atoms with E-state index in [1.54, 1.807) is 24.3 Å². The van der Waals surface area contributed by atoms with Gasteiger partial charge in [-0.05, 0) is 30.9 Å². The summed E-state index contributed by atoms with van der Waals surface area (Å²) >= 11 is 0. The number of urea groups is 1. The van der Waals surface area contributed by atoms with Crippen molar-refractivity contribution in [3.63, 3.8) is 0 Å². The average molecular weight is 292 g/mol. The molecular formula is C15H20N2O4. The van der Waals surface area contributed by atoms with Crippen LogP contribution < -0.4 is 10.6 Å². The molecule has 1 heterocycles. The predicted octanol–water partition coefficient (Wildman–Crippen LogP) is 2.02. The summed E-state index contributed by atoms with van der Waals surface area (Å²) in [7, 11) is 1.31. The molecule has 1 aliphatic heterocycles. The van der Waals surface area contributed by atoms with E-state index in [4.69, 9.17) is 4.74 Å². The van der Waals surface area contributed by atoms with Crippen LogP contribution in [-0.4, -0.2) is 38.9 Å². The van der Waals surface area contributed by atoms with Crippen molar-refractivity contribution in [2.24, 2.45) is 5.92 Å². The fourth-order valence-corrected chi connectivity index (χ4v) is 2.23. The van der Waals surface area contributed by atoms with Gasteiger partial charge in [0.15, 0.2) is 0 Å². The van der Waals surface area contributed by atoms with Crippen molar-refractivity contribution in [2.45, 2.75) is 12.8 Å². The summed E-state index contributed by atoms with van der Waals surface area (Å²) in [5.41, 5.74) is 0.773. The third-order valence-electron chi connectivity index (χ3n) is 3.47. The molecule has 0 unspecified atom stereocenters. The highest BCUT2D eigenvalue weighted by atomic mass is 16.5. The summed E-state index contributed by atoms with van der Waals surface area (Å²) < 4.78 is 9.97. The topological polar surface area (TPSA) is 76.7 Å². The molecular weight excluding hydrogens is 272 g/mol. The van der Waals surface area contributed by atoms with Crippen molar-refractivity contribution in [3.8, 4) is 0 Å². The first-order valence-electron chi connectivity index (χ1n) is 7.00. The van der Waals surface area contributed by atoms with Crippen LogP contribution in [0.15, 0.2) is 24.3 Å². The molecule has 6 heteroatoms. The Balaban J connectivity index is 1.88. The Morgan fingerprint density at radius 3 is 2.71 bits per heavy atom. The van der Waals surface area contributed by atoms with E-state index in [1.807, 2.05) is 0 Å². The van der Waals surface area contributed by atoms with Gasteiger partial charge in [0.2, 0.25) is 0 Å². The van der Waals surface area contributed by atoms with Crippen LogP contribution in [-0.2, 0) is 9.47 Å². The molecule has 1 fully saturated rings. The summed E-state index contributed by atoms with van der Waals surface area (Å²) in [5.74, 6) is -0.0318. The summed E-state index contributed by atoms with van der Waals surface area (Å²) in [5, 5.41) is 5.51. The van der Waals surface area contributed by atoms with Crippen molar-refractivity contribution in [1.82, 2.24) is 5.32 Å². The van der Waals surface area contributed by atoms with Gasteiger partial charge < -0.3 is 20.1 Å². The Kier molecular flexibility index (Phi) is 5.57. The van der Waals surface area contributed by atoms with E-state index in [0.29, 0.717) is 23.7 Å². The van der Waals surface area contributed by atoms with Gasteiger partial charge in [0.1, 0.15) is 0 Å². The highest BCUT2D eigenvalue weighted by Gasteiger charge is 2.16. The molecule has 0 saturated carbocycles. The number of carbonyl (C=O) groups is 2. The van der Waals surface area contributed by atoms with Gasteiger partial charge in [0.25, 0.3) is 0 Å². The molecule has 0 atom stereocenters. The average Bonchev–Trinajstić information content (AvgIpc) is 2.54. The lowest BCUT2D eigenvalue weighted by Gasteiger charge is -2.22. The molecule has 1 aromatic carbocycles. The molecule has 1 aliphatic rings. The summed E-state index contributed by atoms with van der Waals surface area (Å²) in [6, 6.07) is 6.43. The van der Waals surface area contributed by atoms with Gasteiger partial charge in [-0.3, -0.25) is 0 Å². The number of esters is 1. The summed E-state index contributed by atoms with van der Waals surface area (Å²) in [4.78, 5) is 23.5. The molecule has 0 spiro atoms. The Labute approximate surface area is 123 Å². The van der Waals surface area contributed by atoms with E-state index in [2.05, 4.69) is 15.4 Å². The van der Waals surface area contributed by atoms with Gasteiger partial charge in [-0.25, -0.2) is 9.59 Å². The van der Waals surface area contributed by atoms with Gasteiger partial charge in [-0.2, -0.15) is 0 Å². The van der Waals surface area contributed by atoms with Crippen LogP contribution in [0, 0.1) is 5.92 Å². The van der Waals surface area contributed by atoms with Crippen molar-refractivity contribution in [1.29, 1.82) is 0 Å². The molecule has 6 nitrogen and oxygen atoms in total. The first-order chi connectivity index (χ1) is 10.2.